The van der Waals surface area contributed by atoms with Crippen LogP contribution in [0.5, 0.6) is 0 Å². The molecule has 0 bridgehead atoms. The van der Waals surface area contributed by atoms with Crippen LogP contribution in [-0.4, -0.2) is 29.8 Å². The van der Waals surface area contributed by atoms with Gasteiger partial charge in [0.15, 0.2) is 5.96 Å². The van der Waals surface area contributed by atoms with Gasteiger partial charge in [-0.25, -0.2) is 0 Å². The van der Waals surface area contributed by atoms with Crippen molar-refractivity contribution in [3.63, 3.8) is 0 Å². The Morgan fingerprint density at radius 3 is 2.91 bits per heavy atom. The predicted octanol–water partition coefficient (Wildman–Crippen LogP) is 2.22. The van der Waals surface area contributed by atoms with Gasteiger partial charge in [-0.3, -0.25) is 10.1 Å². The van der Waals surface area contributed by atoms with Crippen molar-refractivity contribution in [1.82, 2.24) is 10.2 Å². The largest absolute Gasteiger partial charge is 0.380 e. The number of nitrogens with one attached hydrogen (secondary N) is 2. The van der Waals surface area contributed by atoms with Crippen LogP contribution >= 0.6 is 0 Å². The standard InChI is InChI=1S/C16H23N5O/c1-12-13(10-19-21-12)7-5-9-18-16(17)20-15-8-4-3-6-14(15)11-22-2/h3-4,6,8,10H,5,7,9,11H2,1-2H3,(H,19,21)(H3,17,18,20). The van der Waals surface area contributed by atoms with E-state index in [1.807, 2.05) is 37.4 Å². The highest BCUT2D eigenvalue weighted by molar-refractivity contribution is 5.92. The summed E-state index contributed by atoms with van der Waals surface area (Å²) in [6, 6.07) is 7.89. The molecule has 0 amide bonds. The highest BCUT2D eigenvalue weighted by Crippen LogP contribution is 2.15. The van der Waals surface area contributed by atoms with E-state index in [1.54, 1.807) is 7.11 Å². The van der Waals surface area contributed by atoms with Gasteiger partial charge >= 0.3 is 0 Å². The van der Waals surface area contributed by atoms with Crippen LogP contribution in [0.3, 0.4) is 0 Å². The molecule has 0 radical (unpaired) electrons. The maximum absolute atomic E-state index is 5.94. The third-order valence-electron chi connectivity index (χ3n) is 3.40. The number of aryl methyl sites for hydroxylation is 2. The predicted molar refractivity (Wildman–Crippen MR) is 88.9 cm³/mol. The summed E-state index contributed by atoms with van der Waals surface area (Å²) in [6.45, 7) is 3.24. The van der Waals surface area contributed by atoms with Crippen LogP contribution in [-0.2, 0) is 17.8 Å². The van der Waals surface area contributed by atoms with Gasteiger partial charge in [-0.2, -0.15) is 5.10 Å². The maximum atomic E-state index is 5.94. The van der Waals surface area contributed by atoms with Gasteiger partial charge in [0.2, 0.25) is 0 Å². The number of aromatic nitrogens is 2. The number of H-pyrrole nitrogens is 1. The minimum atomic E-state index is 0.424. The first-order chi connectivity index (χ1) is 10.7. The highest BCUT2D eigenvalue weighted by Gasteiger charge is 2.03. The third kappa shape index (κ3) is 4.60. The number of aromatic amines is 1. The molecule has 0 aliphatic carbocycles. The van der Waals surface area contributed by atoms with E-state index in [2.05, 4.69) is 20.5 Å². The molecule has 0 saturated heterocycles. The van der Waals surface area contributed by atoms with Crippen molar-refractivity contribution in [2.45, 2.75) is 26.4 Å². The smallest absolute Gasteiger partial charge is 0.193 e. The number of hydrogen-bond donors (Lipinski definition) is 3. The van der Waals surface area contributed by atoms with Gasteiger partial charge in [0.1, 0.15) is 0 Å². The van der Waals surface area contributed by atoms with E-state index < -0.39 is 0 Å². The second-order valence-electron chi connectivity index (χ2n) is 5.11. The average molecular weight is 301 g/mol. The molecule has 0 unspecified atom stereocenters. The summed E-state index contributed by atoms with van der Waals surface area (Å²) in [5.74, 6) is 0.424. The van der Waals surface area contributed by atoms with E-state index in [9.17, 15) is 0 Å². The number of methoxy groups -OCH3 is 1. The van der Waals surface area contributed by atoms with Crippen molar-refractivity contribution < 1.29 is 4.74 Å². The Balaban J connectivity index is 1.84. The Kier molecular flexibility index (Phi) is 5.97. The van der Waals surface area contributed by atoms with Crippen molar-refractivity contribution in [2.75, 3.05) is 19.0 Å². The summed E-state index contributed by atoms with van der Waals surface area (Å²) in [5.41, 5.74) is 10.3. The van der Waals surface area contributed by atoms with Gasteiger partial charge in [-0.1, -0.05) is 18.2 Å². The Morgan fingerprint density at radius 2 is 2.18 bits per heavy atom. The van der Waals surface area contributed by atoms with Crippen LogP contribution in [0.15, 0.2) is 35.5 Å². The molecule has 0 aliphatic heterocycles. The Morgan fingerprint density at radius 1 is 1.36 bits per heavy atom. The maximum Gasteiger partial charge on any atom is 0.193 e. The summed E-state index contributed by atoms with van der Waals surface area (Å²) in [4.78, 5) is 4.36. The second kappa shape index (κ2) is 8.19. The van der Waals surface area contributed by atoms with Gasteiger partial charge in [0, 0.05) is 30.6 Å². The minimum absolute atomic E-state index is 0.424. The van der Waals surface area contributed by atoms with Crippen molar-refractivity contribution in [2.24, 2.45) is 10.7 Å². The van der Waals surface area contributed by atoms with E-state index in [4.69, 9.17) is 10.5 Å². The molecule has 1 aromatic carbocycles. The van der Waals surface area contributed by atoms with Crippen LogP contribution in [0.25, 0.3) is 0 Å². The number of aliphatic imine (C=N–C) groups is 1. The third-order valence-corrected chi connectivity index (χ3v) is 3.40. The number of para-hydroxylation sites is 1. The number of hydrogen-bond acceptors (Lipinski definition) is 3. The first-order valence-electron chi connectivity index (χ1n) is 7.33. The molecule has 0 aliphatic rings. The van der Waals surface area contributed by atoms with E-state index >= 15 is 0 Å². The first kappa shape index (κ1) is 16.0. The minimum Gasteiger partial charge on any atom is -0.380 e. The van der Waals surface area contributed by atoms with E-state index in [0.717, 1.165) is 29.8 Å². The number of ether oxygens (including phenoxy) is 1. The summed E-state index contributed by atoms with van der Waals surface area (Å²) >= 11 is 0. The van der Waals surface area contributed by atoms with Crippen molar-refractivity contribution in [3.8, 4) is 0 Å². The Labute approximate surface area is 130 Å². The van der Waals surface area contributed by atoms with Crippen molar-refractivity contribution >= 4 is 11.6 Å². The molecule has 4 N–H and O–H groups in total. The second-order valence-corrected chi connectivity index (χ2v) is 5.11. The summed E-state index contributed by atoms with van der Waals surface area (Å²) < 4.78 is 5.17. The molecule has 1 heterocycles. The normalized spacial score (nSPS) is 11.6. The summed E-state index contributed by atoms with van der Waals surface area (Å²) in [5, 5.41) is 10.1. The topological polar surface area (TPSA) is 88.3 Å². The van der Waals surface area contributed by atoms with Gasteiger partial charge in [0.05, 0.1) is 12.8 Å². The van der Waals surface area contributed by atoms with Crippen LogP contribution in [0, 0.1) is 6.92 Å². The number of benzene rings is 1. The van der Waals surface area contributed by atoms with Gasteiger partial charge in [-0.05, 0) is 31.4 Å². The molecule has 0 fully saturated rings. The molecule has 0 spiro atoms. The van der Waals surface area contributed by atoms with Crippen molar-refractivity contribution in [3.05, 3.63) is 47.3 Å². The highest BCUT2D eigenvalue weighted by atomic mass is 16.5. The number of nitrogens with zero attached hydrogens (tertiary/aromatic N) is 2. The molecule has 2 aromatic rings. The lowest BCUT2D eigenvalue weighted by atomic mass is 10.1. The number of guanidine groups is 1. The van der Waals surface area contributed by atoms with Crippen molar-refractivity contribution in [1.29, 1.82) is 0 Å². The number of rotatable bonds is 7. The SMILES string of the molecule is COCc1ccccc1NC(N)=NCCCc1cn[nH]c1C. The Hall–Kier alpha value is -2.34. The molecule has 6 nitrogen and oxygen atoms in total. The van der Waals surface area contributed by atoms with Crippen LogP contribution in [0.2, 0.25) is 0 Å². The molecule has 0 atom stereocenters. The lowest BCUT2D eigenvalue weighted by Crippen LogP contribution is -2.23. The van der Waals surface area contributed by atoms with Crippen LogP contribution in [0.1, 0.15) is 23.2 Å². The van der Waals surface area contributed by atoms with E-state index in [1.165, 1.54) is 5.56 Å². The van der Waals surface area contributed by atoms with Crippen LogP contribution < -0.4 is 11.1 Å². The lowest BCUT2D eigenvalue weighted by molar-refractivity contribution is 0.185. The molecule has 6 heteroatoms. The zero-order chi connectivity index (χ0) is 15.8. The van der Waals surface area contributed by atoms with Gasteiger partial charge in [-0.15, -0.1) is 0 Å². The number of anilines is 1. The fourth-order valence-electron chi connectivity index (χ4n) is 2.20. The quantitative estimate of drug-likeness (QED) is 0.416. The molecular weight excluding hydrogens is 278 g/mol. The Bertz CT molecular complexity index is 621. The molecule has 0 saturated carbocycles. The van der Waals surface area contributed by atoms with E-state index in [-0.39, 0.29) is 0 Å². The van der Waals surface area contributed by atoms with Gasteiger partial charge in [0.25, 0.3) is 0 Å². The molecule has 1 aromatic heterocycles. The fourth-order valence-corrected chi connectivity index (χ4v) is 2.20. The summed E-state index contributed by atoms with van der Waals surface area (Å²) in [6.07, 6.45) is 3.74. The molecular formula is C16H23N5O. The monoisotopic (exact) mass is 301 g/mol. The lowest BCUT2D eigenvalue weighted by Gasteiger charge is -2.10. The average Bonchev–Trinajstić information content (AvgIpc) is 2.91. The van der Waals surface area contributed by atoms with E-state index in [0.29, 0.717) is 19.1 Å². The zero-order valence-corrected chi connectivity index (χ0v) is 13.1. The molecule has 22 heavy (non-hydrogen) atoms. The first-order valence-corrected chi connectivity index (χ1v) is 7.33. The summed E-state index contributed by atoms with van der Waals surface area (Å²) in [7, 11) is 1.67. The molecule has 2 rings (SSSR count). The van der Waals surface area contributed by atoms with Gasteiger partial charge < -0.3 is 15.8 Å². The zero-order valence-electron chi connectivity index (χ0n) is 13.1. The number of nitrogens with two attached hydrogens (primary N) is 1. The fraction of sp³-hybridized carbons (Fsp3) is 0.375. The molecule has 118 valence electrons. The van der Waals surface area contributed by atoms with Crippen LogP contribution in [0.4, 0.5) is 5.69 Å².